The van der Waals surface area contributed by atoms with Crippen LogP contribution in [0.2, 0.25) is 0 Å². The van der Waals surface area contributed by atoms with Crippen LogP contribution in [0.25, 0.3) is 11.5 Å². The van der Waals surface area contributed by atoms with Gasteiger partial charge in [-0.2, -0.15) is 11.3 Å². The largest absolute Gasteiger partial charge is 0.463 e. The van der Waals surface area contributed by atoms with E-state index in [9.17, 15) is 9.59 Å². The van der Waals surface area contributed by atoms with E-state index in [-0.39, 0.29) is 30.8 Å². The second-order valence-corrected chi connectivity index (χ2v) is 7.57. The minimum absolute atomic E-state index is 0.0663. The number of nitrogens with one attached hydrogen (secondary N) is 1. The molecule has 1 unspecified atom stereocenters. The molecule has 152 valence electrons. The standard InChI is InChI=1S/C21H23N3O4S/c1-14(2)27-20(26)12-17(15-6-4-3-5-7-15)22-18(25)8-9-19-23-24-21(28-19)16-10-11-29-13-16/h3-7,10-11,13-14,17H,8-9,12H2,1-2H3,(H,22,25). The van der Waals surface area contributed by atoms with Crippen LogP contribution in [0.5, 0.6) is 0 Å². The molecule has 3 rings (SSSR count). The molecular formula is C21H23N3O4S. The summed E-state index contributed by atoms with van der Waals surface area (Å²) in [4.78, 5) is 24.6. The number of hydrogen-bond acceptors (Lipinski definition) is 7. The fourth-order valence-electron chi connectivity index (χ4n) is 2.76. The van der Waals surface area contributed by atoms with Crippen LogP contribution in [-0.4, -0.2) is 28.2 Å². The van der Waals surface area contributed by atoms with Crippen molar-refractivity contribution in [2.75, 3.05) is 0 Å². The van der Waals surface area contributed by atoms with Gasteiger partial charge in [-0.3, -0.25) is 9.59 Å². The first-order valence-electron chi connectivity index (χ1n) is 9.40. The van der Waals surface area contributed by atoms with Crippen LogP contribution < -0.4 is 5.32 Å². The first-order valence-corrected chi connectivity index (χ1v) is 10.3. The lowest BCUT2D eigenvalue weighted by Gasteiger charge is -2.19. The highest BCUT2D eigenvalue weighted by atomic mass is 32.1. The molecular weight excluding hydrogens is 390 g/mol. The minimum atomic E-state index is -0.459. The summed E-state index contributed by atoms with van der Waals surface area (Å²) in [5.41, 5.74) is 1.71. The monoisotopic (exact) mass is 413 g/mol. The van der Waals surface area contributed by atoms with Crippen molar-refractivity contribution < 1.29 is 18.7 Å². The van der Waals surface area contributed by atoms with Crippen molar-refractivity contribution in [3.05, 3.63) is 58.6 Å². The number of aromatic nitrogens is 2. The van der Waals surface area contributed by atoms with Gasteiger partial charge in [0.15, 0.2) is 0 Å². The maximum Gasteiger partial charge on any atom is 0.308 e. The van der Waals surface area contributed by atoms with E-state index in [1.807, 2.05) is 47.2 Å². The normalized spacial score (nSPS) is 12.0. The molecule has 0 bridgehead atoms. The predicted octanol–water partition coefficient (Wildman–Crippen LogP) is 3.93. The lowest BCUT2D eigenvalue weighted by molar-refractivity contribution is -0.148. The lowest BCUT2D eigenvalue weighted by atomic mass is 10.0. The molecule has 1 amide bonds. The SMILES string of the molecule is CC(C)OC(=O)CC(NC(=O)CCc1nnc(-c2ccsc2)o1)c1ccccc1. The molecule has 0 aliphatic heterocycles. The van der Waals surface area contributed by atoms with Crippen molar-refractivity contribution in [2.24, 2.45) is 0 Å². The molecule has 0 spiro atoms. The average Bonchev–Trinajstić information content (AvgIpc) is 3.37. The Morgan fingerprint density at radius 2 is 1.97 bits per heavy atom. The van der Waals surface area contributed by atoms with Gasteiger partial charge in [-0.25, -0.2) is 0 Å². The zero-order valence-electron chi connectivity index (χ0n) is 16.3. The van der Waals surface area contributed by atoms with Crippen molar-refractivity contribution in [3.63, 3.8) is 0 Å². The van der Waals surface area contributed by atoms with Gasteiger partial charge in [0.2, 0.25) is 17.7 Å². The Labute approximate surface area is 173 Å². The first-order chi connectivity index (χ1) is 14.0. The summed E-state index contributed by atoms with van der Waals surface area (Å²) in [5.74, 6) is 0.287. The van der Waals surface area contributed by atoms with Gasteiger partial charge in [0.1, 0.15) is 0 Å². The second-order valence-electron chi connectivity index (χ2n) is 6.79. The van der Waals surface area contributed by atoms with Gasteiger partial charge in [-0.05, 0) is 30.9 Å². The summed E-state index contributed by atoms with van der Waals surface area (Å²) in [6, 6.07) is 10.8. The van der Waals surface area contributed by atoms with Crippen LogP contribution in [-0.2, 0) is 20.7 Å². The van der Waals surface area contributed by atoms with Crippen LogP contribution in [0.4, 0.5) is 0 Å². The lowest BCUT2D eigenvalue weighted by Crippen LogP contribution is -2.31. The third kappa shape index (κ3) is 6.25. The highest BCUT2D eigenvalue weighted by Crippen LogP contribution is 2.21. The average molecular weight is 413 g/mol. The summed E-state index contributed by atoms with van der Waals surface area (Å²) < 4.78 is 10.8. The second kappa shape index (κ2) is 9.97. The number of thiophene rings is 1. The Morgan fingerprint density at radius 1 is 1.17 bits per heavy atom. The van der Waals surface area contributed by atoms with Crippen LogP contribution in [0, 0.1) is 0 Å². The van der Waals surface area contributed by atoms with Crippen LogP contribution in [0.15, 0.2) is 51.6 Å². The van der Waals surface area contributed by atoms with E-state index >= 15 is 0 Å². The fourth-order valence-corrected chi connectivity index (χ4v) is 3.39. The van der Waals surface area contributed by atoms with Crippen LogP contribution >= 0.6 is 11.3 Å². The van der Waals surface area contributed by atoms with E-state index in [1.54, 1.807) is 25.2 Å². The highest BCUT2D eigenvalue weighted by molar-refractivity contribution is 7.08. The number of aryl methyl sites for hydroxylation is 1. The molecule has 2 aromatic heterocycles. The topological polar surface area (TPSA) is 94.3 Å². The Kier molecular flexibility index (Phi) is 7.13. The van der Waals surface area contributed by atoms with Gasteiger partial charge >= 0.3 is 5.97 Å². The highest BCUT2D eigenvalue weighted by Gasteiger charge is 2.20. The van der Waals surface area contributed by atoms with Crippen LogP contribution in [0.3, 0.4) is 0 Å². The zero-order valence-corrected chi connectivity index (χ0v) is 17.1. The van der Waals surface area contributed by atoms with Gasteiger partial charge in [-0.1, -0.05) is 30.3 Å². The number of carbonyl (C=O) groups excluding carboxylic acids is 2. The predicted molar refractivity (Wildman–Crippen MR) is 109 cm³/mol. The van der Waals surface area contributed by atoms with Gasteiger partial charge in [0.25, 0.3) is 0 Å². The summed E-state index contributed by atoms with van der Waals surface area (Å²) in [5, 5.41) is 14.8. The third-order valence-electron chi connectivity index (χ3n) is 4.08. The molecule has 29 heavy (non-hydrogen) atoms. The molecule has 0 radical (unpaired) electrons. The number of esters is 1. The maximum absolute atomic E-state index is 12.5. The van der Waals surface area contributed by atoms with E-state index in [2.05, 4.69) is 15.5 Å². The summed E-state index contributed by atoms with van der Waals surface area (Å²) in [7, 11) is 0. The number of ether oxygens (including phenoxy) is 1. The number of rotatable bonds is 9. The minimum Gasteiger partial charge on any atom is -0.463 e. The van der Waals surface area contributed by atoms with E-state index in [0.29, 0.717) is 18.2 Å². The molecule has 0 aliphatic carbocycles. The maximum atomic E-state index is 12.5. The number of nitrogens with zero attached hydrogens (tertiary/aromatic N) is 2. The van der Waals surface area contributed by atoms with E-state index in [4.69, 9.17) is 9.15 Å². The van der Waals surface area contributed by atoms with Crippen molar-refractivity contribution in [3.8, 4) is 11.5 Å². The molecule has 2 heterocycles. The molecule has 0 aliphatic rings. The molecule has 1 N–H and O–H groups in total. The zero-order chi connectivity index (χ0) is 20.6. The van der Waals surface area contributed by atoms with E-state index in [0.717, 1.165) is 11.1 Å². The van der Waals surface area contributed by atoms with Crippen LogP contribution in [0.1, 0.15) is 44.2 Å². The Morgan fingerprint density at radius 3 is 2.66 bits per heavy atom. The van der Waals surface area contributed by atoms with Crippen molar-refractivity contribution >= 4 is 23.2 Å². The summed E-state index contributed by atoms with van der Waals surface area (Å²) >= 11 is 1.55. The number of amides is 1. The van der Waals surface area contributed by atoms with E-state index in [1.165, 1.54) is 0 Å². The fraction of sp³-hybridized carbons (Fsp3) is 0.333. The third-order valence-corrected chi connectivity index (χ3v) is 4.76. The molecule has 1 aromatic carbocycles. The molecule has 7 nitrogen and oxygen atoms in total. The summed E-state index contributed by atoms with van der Waals surface area (Å²) in [6.45, 7) is 3.59. The first kappa shape index (κ1) is 20.7. The van der Waals surface area contributed by atoms with Gasteiger partial charge < -0.3 is 14.5 Å². The molecule has 0 saturated carbocycles. The number of hydrogen-bond donors (Lipinski definition) is 1. The Balaban J connectivity index is 1.58. The van der Waals surface area contributed by atoms with Gasteiger partial charge in [0, 0.05) is 23.8 Å². The van der Waals surface area contributed by atoms with Crippen molar-refractivity contribution in [1.29, 1.82) is 0 Å². The number of benzene rings is 1. The van der Waals surface area contributed by atoms with Crippen molar-refractivity contribution in [2.45, 2.75) is 45.3 Å². The smallest absolute Gasteiger partial charge is 0.308 e. The van der Waals surface area contributed by atoms with Gasteiger partial charge in [0.05, 0.1) is 18.6 Å². The molecule has 0 saturated heterocycles. The molecule has 8 heteroatoms. The number of carbonyl (C=O) groups is 2. The molecule has 0 fully saturated rings. The molecule has 3 aromatic rings. The Bertz CT molecular complexity index is 923. The van der Waals surface area contributed by atoms with Crippen molar-refractivity contribution in [1.82, 2.24) is 15.5 Å². The quantitative estimate of drug-likeness (QED) is 0.534. The van der Waals surface area contributed by atoms with Gasteiger partial charge in [-0.15, -0.1) is 10.2 Å². The summed E-state index contributed by atoms with van der Waals surface area (Å²) in [6.07, 6.45) is 0.357. The Hall–Kier alpha value is -3.00. The molecule has 1 atom stereocenters. The van der Waals surface area contributed by atoms with E-state index < -0.39 is 6.04 Å².